The fraction of sp³-hybridized carbons (Fsp3) is 0.500. The minimum absolute atomic E-state index is 0.254. The van der Waals surface area contributed by atoms with Crippen LogP contribution in [0.4, 0.5) is 17.6 Å². The quantitative estimate of drug-likeness (QED) is 0.486. The van der Waals surface area contributed by atoms with Crippen LogP contribution in [0.15, 0.2) is 48.6 Å². The monoisotopic (exact) mass is 491 g/mol. The van der Waals surface area contributed by atoms with Crippen molar-refractivity contribution in [3.05, 3.63) is 54.1 Å². The Labute approximate surface area is 202 Å². The van der Waals surface area contributed by atoms with Crippen molar-refractivity contribution >= 4 is 17.3 Å². The first-order valence-corrected chi connectivity index (χ1v) is 11.4. The van der Waals surface area contributed by atoms with E-state index in [4.69, 9.17) is 0 Å². The van der Waals surface area contributed by atoms with Crippen molar-refractivity contribution < 1.29 is 27.2 Å². The zero-order valence-electron chi connectivity index (χ0n) is 19.9. The van der Waals surface area contributed by atoms with Gasteiger partial charge in [0.15, 0.2) is 0 Å². The summed E-state index contributed by atoms with van der Waals surface area (Å²) in [6.07, 6.45) is -0.737. The van der Waals surface area contributed by atoms with Crippen LogP contribution in [0.5, 0.6) is 0 Å². The van der Waals surface area contributed by atoms with Gasteiger partial charge in [0.1, 0.15) is 23.0 Å². The van der Waals surface area contributed by atoms with E-state index in [0.29, 0.717) is 18.4 Å². The van der Waals surface area contributed by atoms with E-state index >= 15 is 0 Å². The normalized spacial score (nSPS) is 23.0. The summed E-state index contributed by atoms with van der Waals surface area (Å²) in [6.45, 7) is 3.39. The van der Waals surface area contributed by atoms with Crippen molar-refractivity contribution in [2.45, 2.75) is 75.9 Å². The van der Waals surface area contributed by atoms with Gasteiger partial charge < -0.3 is 5.32 Å². The molecular formula is C26H29F4N3O2. The number of hydrogen-bond acceptors (Lipinski definition) is 4. The Hall–Kier alpha value is -2.99. The number of Topliss-reactive ketones (excluding diaryl/α,β-unsaturated/α-hetero) is 1. The van der Waals surface area contributed by atoms with Crippen LogP contribution in [0.1, 0.15) is 52.0 Å². The van der Waals surface area contributed by atoms with E-state index in [1.54, 1.807) is 18.2 Å². The van der Waals surface area contributed by atoms with Crippen molar-refractivity contribution in [2.75, 3.05) is 0 Å². The van der Waals surface area contributed by atoms with Crippen LogP contribution in [-0.4, -0.2) is 41.2 Å². The molecule has 0 aliphatic heterocycles. The van der Waals surface area contributed by atoms with Gasteiger partial charge in [-0.05, 0) is 51.2 Å². The number of amides is 1. The largest absolute Gasteiger partial charge is 0.405 e. The predicted molar refractivity (Wildman–Crippen MR) is 124 cm³/mol. The first-order chi connectivity index (χ1) is 16.2. The second-order valence-electron chi connectivity index (χ2n) is 9.96. The van der Waals surface area contributed by atoms with Crippen LogP contribution >= 0.6 is 0 Å². The Morgan fingerprint density at radius 2 is 1.77 bits per heavy atom. The molecule has 1 fully saturated rings. The van der Waals surface area contributed by atoms with Gasteiger partial charge in [0.05, 0.1) is 17.5 Å². The number of carbonyl (C=O) groups is 2. The third-order valence-corrected chi connectivity index (χ3v) is 6.53. The minimum Gasteiger partial charge on any atom is -0.336 e. The number of nitrogens with one attached hydrogen (secondary N) is 2. The second-order valence-corrected chi connectivity index (χ2v) is 9.96. The van der Waals surface area contributed by atoms with Gasteiger partial charge in [-0.1, -0.05) is 48.6 Å². The highest BCUT2D eigenvalue weighted by atomic mass is 19.4. The van der Waals surface area contributed by atoms with Gasteiger partial charge in [0.25, 0.3) is 0 Å². The first-order valence-electron chi connectivity index (χ1n) is 11.4. The van der Waals surface area contributed by atoms with E-state index in [0.717, 1.165) is 26.3 Å². The molecule has 0 radical (unpaired) electrons. The van der Waals surface area contributed by atoms with Crippen LogP contribution in [-0.2, 0) is 9.59 Å². The van der Waals surface area contributed by atoms with Gasteiger partial charge >= 0.3 is 6.18 Å². The lowest BCUT2D eigenvalue weighted by Gasteiger charge is -2.41. The van der Waals surface area contributed by atoms with Crippen LogP contribution in [0.25, 0.3) is 5.57 Å². The third kappa shape index (κ3) is 6.17. The summed E-state index contributed by atoms with van der Waals surface area (Å²) in [5.41, 5.74) is -3.68. The molecule has 35 heavy (non-hydrogen) atoms. The highest BCUT2D eigenvalue weighted by molar-refractivity contribution is 5.89. The fourth-order valence-electron chi connectivity index (χ4n) is 4.34. The topological polar surface area (TPSA) is 82.0 Å². The highest BCUT2D eigenvalue weighted by Gasteiger charge is 2.57. The van der Waals surface area contributed by atoms with Crippen LogP contribution < -0.4 is 10.6 Å². The number of halogens is 4. The summed E-state index contributed by atoms with van der Waals surface area (Å²) >= 11 is 0. The molecule has 0 bridgehead atoms. The SMILES string of the molecule is CC(=O)C1([C@H](N[C@@H](CC(C)(C)F)C(=O)NC2(C#N)CC2)C(F)(F)F)C=CC(c2ccccc2)=CC1. The number of nitriles is 1. The molecule has 0 heterocycles. The Kier molecular flexibility index (Phi) is 7.28. The van der Waals surface area contributed by atoms with Gasteiger partial charge in [0, 0.05) is 6.42 Å². The Morgan fingerprint density at radius 3 is 2.20 bits per heavy atom. The number of hydrogen-bond donors (Lipinski definition) is 2. The molecule has 3 rings (SSSR count). The molecule has 2 N–H and O–H groups in total. The second kappa shape index (κ2) is 9.57. The number of benzene rings is 1. The molecule has 5 nitrogen and oxygen atoms in total. The Bertz CT molecular complexity index is 1060. The molecule has 1 aromatic rings. The summed E-state index contributed by atoms with van der Waals surface area (Å²) < 4.78 is 57.9. The zero-order chi connectivity index (χ0) is 26.1. The molecule has 188 valence electrons. The molecule has 1 amide bonds. The molecule has 0 saturated heterocycles. The molecular weight excluding hydrogens is 462 g/mol. The first kappa shape index (κ1) is 26.6. The van der Waals surface area contributed by atoms with Crippen LogP contribution in [0, 0.1) is 16.7 Å². The van der Waals surface area contributed by atoms with Gasteiger partial charge in [-0.25, -0.2) is 4.39 Å². The summed E-state index contributed by atoms with van der Waals surface area (Å²) in [6, 6.07) is 6.91. The summed E-state index contributed by atoms with van der Waals surface area (Å²) in [4.78, 5) is 25.7. The zero-order valence-corrected chi connectivity index (χ0v) is 19.9. The molecule has 1 aromatic carbocycles. The fourth-order valence-corrected chi connectivity index (χ4v) is 4.34. The van der Waals surface area contributed by atoms with Crippen LogP contribution in [0.3, 0.4) is 0 Å². The standard InChI is InChI=1S/C26H29F4N3O2/c1-17(34)25(11-9-19(10-12-25)18-7-5-4-6-8-18)22(26(28,29)30)32-20(15-23(2,3)27)21(35)33-24(16-31)13-14-24/h4-11,20,22,32H,12-15H2,1-3H3,(H,33,35)/t20-,22-,25?/m0/s1. The molecule has 0 aromatic heterocycles. The van der Waals surface area contributed by atoms with Crippen molar-refractivity contribution in [1.29, 1.82) is 5.26 Å². The van der Waals surface area contributed by atoms with Gasteiger partial charge in [-0.2, -0.15) is 18.4 Å². The van der Waals surface area contributed by atoms with E-state index in [1.165, 1.54) is 12.2 Å². The molecule has 2 aliphatic carbocycles. The Morgan fingerprint density at radius 1 is 1.14 bits per heavy atom. The van der Waals surface area contributed by atoms with Crippen molar-refractivity contribution in [3.8, 4) is 6.07 Å². The van der Waals surface area contributed by atoms with E-state index in [-0.39, 0.29) is 6.42 Å². The highest BCUT2D eigenvalue weighted by Crippen LogP contribution is 2.44. The molecule has 1 unspecified atom stereocenters. The van der Waals surface area contributed by atoms with Crippen molar-refractivity contribution in [2.24, 2.45) is 5.41 Å². The lowest BCUT2D eigenvalue weighted by Crippen LogP contribution is -2.63. The lowest BCUT2D eigenvalue weighted by molar-refractivity contribution is -0.184. The number of carbonyl (C=O) groups excluding carboxylic acids is 2. The molecule has 3 atom stereocenters. The molecule has 2 aliphatic rings. The average molecular weight is 492 g/mol. The smallest absolute Gasteiger partial charge is 0.336 e. The van der Waals surface area contributed by atoms with E-state index in [1.807, 2.05) is 24.3 Å². The molecule has 0 spiro atoms. The molecule has 1 saturated carbocycles. The van der Waals surface area contributed by atoms with Gasteiger partial charge in [-0.15, -0.1) is 0 Å². The van der Waals surface area contributed by atoms with E-state index in [2.05, 4.69) is 10.6 Å². The van der Waals surface area contributed by atoms with Crippen molar-refractivity contribution in [1.82, 2.24) is 10.6 Å². The summed E-state index contributed by atoms with van der Waals surface area (Å²) in [7, 11) is 0. The maximum atomic E-state index is 14.6. The van der Waals surface area contributed by atoms with Gasteiger partial charge in [-0.3, -0.25) is 14.9 Å². The minimum atomic E-state index is -4.93. The maximum Gasteiger partial charge on any atom is 0.405 e. The summed E-state index contributed by atoms with van der Waals surface area (Å²) in [5.74, 6) is -1.63. The van der Waals surface area contributed by atoms with Gasteiger partial charge in [0.2, 0.25) is 5.91 Å². The number of ketones is 1. The number of nitrogens with zero attached hydrogens (tertiary/aromatic N) is 1. The number of allylic oxidation sites excluding steroid dienone is 3. The van der Waals surface area contributed by atoms with E-state index in [9.17, 15) is 32.4 Å². The average Bonchev–Trinajstić information content (AvgIpc) is 3.55. The maximum absolute atomic E-state index is 14.6. The molecule has 9 heteroatoms. The lowest BCUT2D eigenvalue weighted by atomic mass is 9.70. The van der Waals surface area contributed by atoms with Crippen LogP contribution in [0.2, 0.25) is 0 Å². The predicted octanol–water partition coefficient (Wildman–Crippen LogP) is 4.80. The van der Waals surface area contributed by atoms with Crippen molar-refractivity contribution in [3.63, 3.8) is 0 Å². The number of rotatable bonds is 9. The third-order valence-electron chi connectivity index (χ3n) is 6.53. The van der Waals surface area contributed by atoms with E-state index < -0.39 is 53.0 Å². The Balaban J connectivity index is 1.95. The summed E-state index contributed by atoms with van der Waals surface area (Å²) in [5, 5.41) is 14.0. The number of alkyl halides is 4.